The largest absolute Gasteiger partial charge is 0.342 e. The van der Waals surface area contributed by atoms with Crippen LogP contribution in [0.5, 0.6) is 0 Å². The first-order valence-electron chi connectivity index (χ1n) is 8.18. The van der Waals surface area contributed by atoms with Crippen LogP contribution in [0.1, 0.15) is 40.8 Å². The monoisotopic (exact) mass is 361 g/mol. The Labute approximate surface area is 148 Å². The summed E-state index contributed by atoms with van der Waals surface area (Å²) in [5.74, 6) is 0.631. The van der Waals surface area contributed by atoms with Gasteiger partial charge in [0, 0.05) is 19.0 Å². The lowest BCUT2D eigenvalue weighted by atomic mass is 9.96. The van der Waals surface area contributed by atoms with Crippen LogP contribution in [0.3, 0.4) is 0 Å². The second kappa shape index (κ2) is 6.15. The van der Waals surface area contributed by atoms with Gasteiger partial charge in [-0.1, -0.05) is 11.6 Å². The lowest BCUT2D eigenvalue weighted by Gasteiger charge is -2.30. The van der Waals surface area contributed by atoms with Gasteiger partial charge in [-0.05, 0) is 38.0 Å². The number of aromatic amines is 2. The first-order chi connectivity index (χ1) is 12.0. The van der Waals surface area contributed by atoms with Crippen LogP contribution in [-0.2, 0) is 0 Å². The van der Waals surface area contributed by atoms with Gasteiger partial charge >= 0.3 is 0 Å². The molecule has 2 aromatic heterocycles. The molecular formula is C17H17ClFN5O. The third kappa shape index (κ3) is 2.89. The minimum atomic E-state index is -0.283. The Balaban J connectivity index is 1.47. The number of aromatic nitrogens is 4. The zero-order valence-corrected chi connectivity index (χ0v) is 14.4. The van der Waals surface area contributed by atoms with Gasteiger partial charge in [-0.3, -0.25) is 9.89 Å². The molecule has 3 aromatic rings. The number of nitrogens with one attached hydrogen (secondary N) is 2. The second-order valence-corrected chi connectivity index (χ2v) is 6.74. The van der Waals surface area contributed by atoms with Gasteiger partial charge in [0.1, 0.15) is 11.6 Å². The van der Waals surface area contributed by atoms with Gasteiger partial charge in [-0.2, -0.15) is 5.10 Å². The molecule has 0 aliphatic carbocycles. The van der Waals surface area contributed by atoms with Crippen molar-refractivity contribution < 1.29 is 9.18 Å². The molecule has 1 amide bonds. The van der Waals surface area contributed by atoms with Crippen LogP contribution in [0.2, 0.25) is 5.02 Å². The number of amides is 1. The summed E-state index contributed by atoms with van der Waals surface area (Å²) < 4.78 is 13.3. The maximum atomic E-state index is 13.3. The molecule has 0 unspecified atom stereocenters. The molecule has 8 heteroatoms. The van der Waals surface area contributed by atoms with Gasteiger partial charge in [-0.25, -0.2) is 9.37 Å². The van der Waals surface area contributed by atoms with Crippen molar-refractivity contribution in [3.63, 3.8) is 0 Å². The lowest BCUT2D eigenvalue weighted by Crippen LogP contribution is -2.38. The molecule has 4 rings (SSSR count). The second-order valence-electron chi connectivity index (χ2n) is 6.36. The highest BCUT2D eigenvalue weighted by Gasteiger charge is 2.28. The number of hydrogen-bond acceptors (Lipinski definition) is 3. The smallest absolute Gasteiger partial charge is 0.275 e. The van der Waals surface area contributed by atoms with Crippen molar-refractivity contribution in [2.24, 2.45) is 0 Å². The molecule has 0 bridgehead atoms. The number of halogens is 2. The summed E-state index contributed by atoms with van der Waals surface area (Å²) in [5, 5.41) is 7.12. The molecule has 0 saturated carbocycles. The van der Waals surface area contributed by atoms with E-state index in [9.17, 15) is 9.18 Å². The van der Waals surface area contributed by atoms with Crippen LogP contribution in [0.4, 0.5) is 4.39 Å². The predicted molar refractivity (Wildman–Crippen MR) is 92.3 cm³/mol. The number of carbonyl (C=O) groups is 1. The van der Waals surface area contributed by atoms with Gasteiger partial charge < -0.3 is 9.88 Å². The van der Waals surface area contributed by atoms with Crippen molar-refractivity contribution in [2.75, 3.05) is 13.1 Å². The number of hydrogen-bond donors (Lipinski definition) is 2. The standard InChI is InChI=1S/C17H17ClFN5O/c1-9-14(18)15(23-22-9)17(25)24-6-4-10(5-7-24)16-20-12-3-2-11(19)8-13(12)21-16/h2-3,8,10H,4-7H2,1H3,(H,20,21)(H,22,23). The average molecular weight is 362 g/mol. The highest BCUT2D eigenvalue weighted by molar-refractivity contribution is 6.34. The predicted octanol–water partition coefficient (Wildman–Crippen LogP) is 3.41. The van der Waals surface area contributed by atoms with Crippen LogP contribution in [-0.4, -0.2) is 44.1 Å². The van der Waals surface area contributed by atoms with E-state index in [1.165, 1.54) is 12.1 Å². The summed E-state index contributed by atoms with van der Waals surface area (Å²) in [6.07, 6.45) is 1.57. The van der Waals surface area contributed by atoms with Crippen molar-refractivity contribution in [1.29, 1.82) is 0 Å². The van der Waals surface area contributed by atoms with E-state index in [2.05, 4.69) is 20.2 Å². The molecule has 1 aliphatic rings. The van der Waals surface area contributed by atoms with Gasteiger partial charge in [-0.15, -0.1) is 0 Å². The summed E-state index contributed by atoms with van der Waals surface area (Å²) in [4.78, 5) is 22.1. The van der Waals surface area contributed by atoms with Crippen molar-refractivity contribution in [3.8, 4) is 0 Å². The Morgan fingerprint density at radius 1 is 1.36 bits per heavy atom. The number of benzene rings is 1. The fourth-order valence-electron chi connectivity index (χ4n) is 3.26. The number of carbonyl (C=O) groups excluding carboxylic acids is 1. The Bertz CT molecular complexity index is 942. The summed E-state index contributed by atoms with van der Waals surface area (Å²) in [6.45, 7) is 3.00. The molecule has 1 aromatic carbocycles. The van der Waals surface area contributed by atoms with Crippen LogP contribution >= 0.6 is 11.6 Å². The van der Waals surface area contributed by atoms with E-state index >= 15 is 0 Å². The normalized spacial score (nSPS) is 15.9. The van der Waals surface area contributed by atoms with E-state index in [-0.39, 0.29) is 23.3 Å². The molecule has 6 nitrogen and oxygen atoms in total. The highest BCUT2D eigenvalue weighted by Crippen LogP contribution is 2.29. The number of likely N-dealkylation sites (tertiary alicyclic amines) is 1. The number of imidazole rings is 1. The van der Waals surface area contributed by atoms with Crippen LogP contribution < -0.4 is 0 Å². The van der Waals surface area contributed by atoms with Gasteiger partial charge in [0.25, 0.3) is 5.91 Å². The Hall–Kier alpha value is -2.41. The first kappa shape index (κ1) is 16.1. The van der Waals surface area contributed by atoms with E-state index in [0.29, 0.717) is 29.3 Å². The van der Waals surface area contributed by atoms with Gasteiger partial charge in [0.15, 0.2) is 5.69 Å². The Kier molecular flexibility index (Phi) is 3.95. The van der Waals surface area contributed by atoms with E-state index < -0.39 is 0 Å². The van der Waals surface area contributed by atoms with Crippen molar-refractivity contribution in [2.45, 2.75) is 25.7 Å². The Morgan fingerprint density at radius 3 is 2.80 bits per heavy atom. The SMILES string of the molecule is Cc1[nH]nc(C(=O)N2CCC(c3nc4ccc(F)cc4[nH]3)CC2)c1Cl. The quantitative estimate of drug-likeness (QED) is 0.734. The molecule has 0 atom stereocenters. The van der Waals surface area contributed by atoms with E-state index in [0.717, 1.165) is 24.2 Å². The number of piperidine rings is 1. The number of aryl methyl sites for hydroxylation is 1. The lowest BCUT2D eigenvalue weighted by molar-refractivity contribution is 0.0705. The zero-order valence-electron chi connectivity index (χ0n) is 13.6. The molecule has 1 aliphatic heterocycles. The number of rotatable bonds is 2. The van der Waals surface area contributed by atoms with Crippen LogP contribution in [0, 0.1) is 12.7 Å². The number of fused-ring (bicyclic) bond motifs is 1. The van der Waals surface area contributed by atoms with Crippen molar-refractivity contribution in [1.82, 2.24) is 25.1 Å². The average Bonchev–Trinajstić information content (AvgIpc) is 3.18. The summed E-state index contributed by atoms with van der Waals surface area (Å²) in [6, 6.07) is 4.53. The van der Waals surface area contributed by atoms with Gasteiger partial charge in [0.2, 0.25) is 0 Å². The van der Waals surface area contributed by atoms with Crippen molar-refractivity contribution >= 4 is 28.5 Å². The minimum absolute atomic E-state index is 0.153. The third-order valence-electron chi connectivity index (χ3n) is 4.71. The first-order valence-corrected chi connectivity index (χ1v) is 8.55. The topological polar surface area (TPSA) is 77.7 Å². The molecule has 0 spiro atoms. The molecule has 3 heterocycles. The fourth-order valence-corrected chi connectivity index (χ4v) is 3.42. The van der Waals surface area contributed by atoms with Gasteiger partial charge in [0.05, 0.1) is 21.7 Å². The maximum Gasteiger partial charge on any atom is 0.275 e. The van der Waals surface area contributed by atoms with Crippen LogP contribution in [0.15, 0.2) is 18.2 Å². The maximum absolute atomic E-state index is 13.3. The molecule has 2 N–H and O–H groups in total. The number of nitrogens with zero attached hydrogens (tertiary/aromatic N) is 3. The van der Waals surface area contributed by atoms with E-state index in [1.807, 2.05) is 0 Å². The van der Waals surface area contributed by atoms with E-state index in [1.54, 1.807) is 17.9 Å². The zero-order chi connectivity index (χ0) is 17.6. The molecule has 130 valence electrons. The molecule has 1 fully saturated rings. The minimum Gasteiger partial charge on any atom is -0.342 e. The molecular weight excluding hydrogens is 345 g/mol. The summed E-state index contributed by atoms with van der Waals surface area (Å²) >= 11 is 6.12. The summed E-state index contributed by atoms with van der Waals surface area (Å²) in [7, 11) is 0. The highest BCUT2D eigenvalue weighted by atomic mass is 35.5. The summed E-state index contributed by atoms with van der Waals surface area (Å²) in [5.41, 5.74) is 2.42. The molecule has 1 saturated heterocycles. The Morgan fingerprint density at radius 2 is 2.12 bits per heavy atom. The third-order valence-corrected chi connectivity index (χ3v) is 5.17. The number of H-pyrrole nitrogens is 2. The molecule has 25 heavy (non-hydrogen) atoms. The fraction of sp³-hybridized carbons (Fsp3) is 0.353. The van der Waals surface area contributed by atoms with Crippen molar-refractivity contribution in [3.05, 3.63) is 46.3 Å². The molecule has 0 radical (unpaired) electrons. The van der Waals surface area contributed by atoms with Crippen LogP contribution in [0.25, 0.3) is 11.0 Å². The van der Waals surface area contributed by atoms with E-state index in [4.69, 9.17) is 11.6 Å².